The first-order valence-electron chi connectivity index (χ1n) is 12.0. The molecule has 36 heavy (non-hydrogen) atoms. The van der Waals surface area contributed by atoms with Crippen LogP contribution in [0.2, 0.25) is 0 Å². The van der Waals surface area contributed by atoms with Crippen LogP contribution in [0.25, 0.3) is 0 Å². The van der Waals surface area contributed by atoms with Crippen LogP contribution in [-0.4, -0.2) is 105 Å². The summed E-state index contributed by atoms with van der Waals surface area (Å²) in [5, 5.41) is 10.4. The number of aryl methyl sites for hydroxylation is 1. The number of hydrogen-bond donors (Lipinski definition) is 2. The standard InChI is InChI=1S/C21H34N4O3S.C2HF3O2/c1-2-19-6-8-20(9-7-19)29(27,28)25(17-16-23-12-4-3-5-13-23)18-21(26)24-14-10-22-11-15-24;3-2(4,5)1(6)7/h6-9,22H,2-5,10-18H2,1H3;(H,6,7). The number of carboxylic acid groups (broad SMARTS) is 1. The monoisotopic (exact) mass is 536 g/mol. The van der Waals surface area contributed by atoms with Crippen LogP contribution in [0, 0.1) is 0 Å². The molecule has 1 aromatic rings. The predicted molar refractivity (Wildman–Crippen MR) is 128 cm³/mol. The third kappa shape index (κ3) is 9.34. The quantitative estimate of drug-likeness (QED) is 0.521. The highest BCUT2D eigenvalue weighted by Gasteiger charge is 2.38. The van der Waals surface area contributed by atoms with Crippen LogP contribution in [0.15, 0.2) is 29.2 Å². The Labute approximate surface area is 210 Å². The number of nitrogens with zero attached hydrogens (tertiary/aromatic N) is 3. The number of alkyl halides is 3. The van der Waals surface area contributed by atoms with Crippen molar-refractivity contribution in [1.29, 1.82) is 0 Å². The molecule has 0 saturated carbocycles. The zero-order valence-corrected chi connectivity index (χ0v) is 21.3. The van der Waals surface area contributed by atoms with E-state index in [1.807, 2.05) is 19.1 Å². The minimum atomic E-state index is -5.08. The number of carbonyl (C=O) groups excluding carboxylic acids is 1. The Bertz CT molecular complexity index is 945. The molecule has 13 heteroatoms. The second kappa shape index (κ2) is 13.9. The molecule has 1 aromatic carbocycles. The number of sulfonamides is 1. The van der Waals surface area contributed by atoms with Crippen molar-refractivity contribution in [3.63, 3.8) is 0 Å². The Morgan fingerprint density at radius 1 is 1.03 bits per heavy atom. The first kappa shape index (κ1) is 30.0. The van der Waals surface area contributed by atoms with Gasteiger partial charge < -0.3 is 20.2 Å². The molecule has 204 valence electrons. The zero-order chi connectivity index (χ0) is 26.8. The average Bonchev–Trinajstić information content (AvgIpc) is 2.87. The number of rotatable bonds is 8. The smallest absolute Gasteiger partial charge is 0.475 e. The lowest BCUT2D eigenvalue weighted by atomic mass is 10.1. The molecule has 1 amide bonds. The molecule has 3 rings (SSSR count). The summed E-state index contributed by atoms with van der Waals surface area (Å²) in [7, 11) is -3.72. The summed E-state index contributed by atoms with van der Waals surface area (Å²) in [4.78, 5) is 26.0. The molecule has 2 N–H and O–H groups in total. The van der Waals surface area contributed by atoms with Gasteiger partial charge in [-0.25, -0.2) is 13.2 Å². The third-order valence-electron chi connectivity index (χ3n) is 6.11. The van der Waals surface area contributed by atoms with Crippen molar-refractivity contribution >= 4 is 21.9 Å². The van der Waals surface area contributed by atoms with Gasteiger partial charge in [0, 0.05) is 39.3 Å². The van der Waals surface area contributed by atoms with E-state index < -0.39 is 22.2 Å². The summed E-state index contributed by atoms with van der Waals surface area (Å²) in [6.07, 6.45) is -0.667. The number of likely N-dealkylation sites (tertiary alicyclic amines) is 1. The summed E-state index contributed by atoms with van der Waals surface area (Å²) in [5.41, 5.74) is 1.10. The second-order valence-electron chi connectivity index (χ2n) is 8.67. The van der Waals surface area contributed by atoms with Gasteiger partial charge in [-0.2, -0.15) is 17.5 Å². The van der Waals surface area contributed by atoms with Crippen LogP contribution in [0.1, 0.15) is 31.7 Å². The SMILES string of the molecule is CCc1ccc(S(=O)(=O)N(CCN2CCCCC2)CC(=O)N2CCNCC2)cc1.O=C(O)C(F)(F)F. The van der Waals surface area contributed by atoms with E-state index in [0.29, 0.717) is 26.2 Å². The number of hydrogen-bond acceptors (Lipinski definition) is 6. The maximum Gasteiger partial charge on any atom is 0.490 e. The number of aliphatic carboxylic acids is 1. The van der Waals surface area contributed by atoms with Crippen LogP contribution in [0.4, 0.5) is 13.2 Å². The lowest BCUT2D eigenvalue weighted by molar-refractivity contribution is -0.192. The fraction of sp³-hybridized carbons (Fsp3) is 0.652. The van der Waals surface area contributed by atoms with Gasteiger partial charge in [-0.15, -0.1) is 0 Å². The number of carbonyl (C=O) groups is 2. The predicted octanol–water partition coefficient (Wildman–Crippen LogP) is 1.79. The minimum Gasteiger partial charge on any atom is -0.475 e. The normalized spacial score (nSPS) is 17.4. The van der Waals surface area contributed by atoms with Gasteiger partial charge in [-0.05, 0) is 50.0 Å². The molecule has 0 aromatic heterocycles. The lowest BCUT2D eigenvalue weighted by Crippen LogP contribution is -2.51. The third-order valence-corrected chi connectivity index (χ3v) is 7.97. The van der Waals surface area contributed by atoms with Crippen molar-refractivity contribution in [2.75, 3.05) is 58.9 Å². The van der Waals surface area contributed by atoms with Crippen molar-refractivity contribution in [1.82, 2.24) is 19.4 Å². The molecule has 2 heterocycles. The molecule has 0 bridgehead atoms. The van der Waals surface area contributed by atoms with E-state index in [1.54, 1.807) is 17.0 Å². The average molecular weight is 537 g/mol. The molecule has 2 aliphatic heterocycles. The van der Waals surface area contributed by atoms with E-state index in [9.17, 15) is 26.4 Å². The highest BCUT2D eigenvalue weighted by molar-refractivity contribution is 7.89. The summed E-state index contributed by atoms with van der Waals surface area (Å²) < 4.78 is 59.8. The molecular weight excluding hydrogens is 501 g/mol. The molecule has 2 aliphatic rings. The van der Waals surface area contributed by atoms with Gasteiger partial charge in [0.2, 0.25) is 15.9 Å². The molecule has 2 saturated heterocycles. The Morgan fingerprint density at radius 3 is 2.08 bits per heavy atom. The fourth-order valence-electron chi connectivity index (χ4n) is 3.93. The van der Waals surface area contributed by atoms with E-state index in [-0.39, 0.29) is 17.3 Å². The van der Waals surface area contributed by atoms with Gasteiger partial charge >= 0.3 is 12.1 Å². The summed E-state index contributed by atoms with van der Waals surface area (Å²) in [5.74, 6) is -2.87. The number of nitrogens with one attached hydrogen (secondary N) is 1. The molecule has 0 atom stereocenters. The van der Waals surface area contributed by atoms with Gasteiger partial charge in [0.25, 0.3) is 0 Å². The lowest BCUT2D eigenvalue weighted by Gasteiger charge is -2.32. The zero-order valence-electron chi connectivity index (χ0n) is 20.5. The Balaban J connectivity index is 0.000000572. The van der Waals surface area contributed by atoms with Crippen LogP contribution in [0.3, 0.4) is 0 Å². The molecule has 0 unspecified atom stereocenters. The van der Waals surface area contributed by atoms with Crippen molar-refractivity contribution in [3.8, 4) is 0 Å². The van der Waals surface area contributed by atoms with Crippen molar-refractivity contribution < 1.29 is 36.3 Å². The minimum absolute atomic E-state index is 0.0916. The second-order valence-corrected chi connectivity index (χ2v) is 10.6. The first-order chi connectivity index (χ1) is 16.9. The number of piperidine rings is 1. The van der Waals surface area contributed by atoms with Crippen LogP contribution in [-0.2, 0) is 26.0 Å². The fourth-order valence-corrected chi connectivity index (χ4v) is 5.31. The first-order valence-corrected chi connectivity index (χ1v) is 13.5. The van der Waals surface area contributed by atoms with Crippen molar-refractivity contribution in [3.05, 3.63) is 29.8 Å². The number of piperazine rings is 1. The van der Waals surface area contributed by atoms with Gasteiger partial charge in [-0.1, -0.05) is 25.5 Å². The highest BCUT2D eigenvalue weighted by atomic mass is 32.2. The highest BCUT2D eigenvalue weighted by Crippen LogP contribution is 2.18. The van der Waals surface area contributed by atoms with Crippen LogP contribution >= 0.6 is 0 Å². The maximum absolute atomic E-state index is 13.3. The molecule has 9 nitrogen and oxygen atoms in total. The summed E-state index contributed by atoms with van der Waals surface area (Å²) >= 11 is 0. The Morgan fingerprint density at radius 2 is 1.58 bits per heavy atom. The topological polar surface area (TPSA) is 110 Å². The summed E-state index contributed by atoms with van der Waals surface area (Å²) in [6, 6.07) is 7.04. The van der Waals surface area contributed by atoms with E-state index in [0.717, 1.165) is 51.0 Å². The number of amides is 1. The van der Waals surface area contributed by atoms with Crippen LogP contribution in [0.5, 0.6) is 0 Å². The molecule has 2 fully saturated rings. The Kier molecular flexibility index (Phi) is 11.6. The Hall–Kier alpha value is -2.22. The van der Waals surface area contributed by atoms with Crippen molar-refractivity contribution in [2.24, 2.45) is 0 Å². The van der Waals surface area contributed by atoms with E-state index >= 15 is 0 Å². The van der Waals surface area contributed by atoms with Gasteiger partial charge in [-0.3, -0.25) is 4.79 Å². The van der Waals surface area contributed by atoms with E-state index in [4.69, 9.17) is 9.90 Å². The maximum atomic E-state index is 13.3. The van der Waals surface area contributed by atoms with Gasteiger partial charge in [0.15, 0.2) is 0 Å². The van der Waals surface area contributed by atoms with E-state index in [1.165, 1.54) is 10.7 Å². The molecule has 0 aliphatic carbocycles. The van der Waals surface area contributed by atoms with Gasteiger partial charge in [0.05, 0.1) is 11.4 Å². The number of halogens is 3. The molecular formula is C23H35F3N4O5S. The number of carboxylic acids is 1. The molecule has 0 spiro atoms. The van der Waals surface area contributed by atoms with Gasteiger partial charge in [0.1, 0.15) is 0 Å². The van der Waals surface area contributed by atoms with Crippen LogP contribution < -0.4 is 5.32 Å². The number of benzene rings is 1. The van der Waals surface area contributed by atoms with Crippen molar-refractivity contribution in [2.45, 2.75) is 43.7 Å². The summed E-state index contributed by atoms with van der Waals surface area (Å²) in [6.45, 7) is 7.74. The largest absolute Gasteiger partial charge is 0.490 e. The van der Waals surface area contributed by atoms with E-state index in [2.05, 4.69) is 10.2 Å². The molecule has 0 radical (unpaired) electrons.